The van der Waals surface area contributed by atoms with Gasteiger partial charge in [-0.3, -0.25) is 14.7 Å². The van der Waals surface area contributed by atoms with Gasteiger partial charge >= 0.3 is 0 Å². The van der Waals surface area contributed by atoms with E-state index in [1.54, 1.807) is 22.4 Å². The van der Waals surface area contributed by atoms with E-state index in [9.17, 15) is 4.79 Å². The molecule has 30 heavy (non-hydrogen) atoms. The molecule has 0 aliphatic heterocycles. The van der Waals surface area contributed by atoms with Crippen molar-refractivity contribution in [3.05, 3.63) is 88.7 Å². The van der Waals surface area contributed by atoms with Crippen molar-refractivity contribution in [3.63, 3.8) is 0 Å². The van der Waals surface area contributed by atoms with Gasteiger partial charge in [0, 0.05) is 6.20 Å². The molecule has 1 amide bonds. The minimum Gasteiger partial charge on any atom is -0.282 e. The summed E-state index contributed by atoms with van der Waals surface area (Å²) in [7, 11) is 0. The van der Waals surface area contributed by atoms with Crippen molar-refractivity contribution < 1.29 is 4.79 Å². The summed E-state index contributed by atoms with van der Waals surface area (Å²) < 4.78 is 1.14. The van der Waals surface area contributed by atoms with E-state index in [4.69, 9.17) is 4.98 Å². The second-order valence-electron chi connectivity index (χ2n) is 7.52. The quantitative estimate of drug-likeness (QED) is 0.409. The van der Waals surface area contributed by atoms with Gasteiger partial charge < -0.3 is 0 Å². The third-order valence-electron chi connectivity index (χ3n) is 5.30. The number of carbonyl (C=O) groups is 1. The van der Waals surface area contributed by atoms with Gasteiger partial charge in [0.15, 0.2) is 5.13 Å². The lowest BCUT2D eigenvalue weighted by atomic mass is 10.1. The average molecular weight is 416 g/mol. The topological polar surface area (TPSA) is 46.1 Å². The number of aromatic nitrogens is 2. The second-order valence-corrected chi connectivity index (χ2v) is 8.50. The maximum atomic E-state index is 13.4. The van der Waals surface area contributed by atoms with Gasteiger partial charge in [0.2, 0.25) is 5.91 Å². The molecule has 2 aromatic heterocycles. The standard InChI is InChI=1S/C25H25N3OS/c1-4-19-10-12-20(13-11-19)15-22(29)28(16-21-7-5-6-14-26-21)25-27-23-17(2)8-9-18(3)24(23)30-25/h5-14H,4,15-16H2,1-3H3. The van der Waals surface area contributed by atoms with E-state index in [1.807, 2.05) is 30.3 Å². The Morgan fingerprint density at radius 2 is 1.70 bits per heavy atom. The summed E-state index contributed by atoms with van der Waals surface area (Å²) in [5.74, 6) is 0.0271. The van der Waals surface area contributed by atoms with E-state index < -0.39 is 0 Å². The van der Waals surface area contributed by atoms with Crippen LogP contribution in [0.25, 0.3) is 10.2 Å². The summed E-state index contributed by atoms with van der Waals surface area (Å²) in [6.07, 6.45) is 3.09. The first-order chi connectivity index (χ1) is 14.5. The van der Waals surface area contributed by atoms with Crippen molar-refractivity contribution in [2.24, 2.45) is 0 Å². The van der Waals surface area contributed by atoms with Crippen molar-refractivity contribution in [2.45, 2.75) is 40.2 Å². The molecule has 0 bridgehead atoms. The van der Waals surface area contributed by atoms with Crippen molar-refractivity contribution in [3.8, 4) is 0 Å². The number of thiazole rings is 1. The van der Waals surface area contributed by atoms with Gasteiger partial charge in [-0.05, 0) is 54.7 Å². The lowest BCUT2D eigenvalue weighted by Gasteiger charge is -2.19. The van der Waals surface area contributed by atoms with Crippen LogP contribution >= 0.6 is 11.3 Å². The van der Waals surface area contributed by atoms with Crippen LogP contribution < -0.4 is 4.90 Å². The maximum absolute atomic E-state index is 13.4. The largest absolute Gasteiger partial charge is 0.282 e. The molecule has 152 valence electrons. The highest BCUT2D eigenvalue weighted by atomic mass is 32.1. The van der Waals surface area contributed by atoms with Crippen LogP contribution in [-0.2, 0) is 24.2 Å². The first-order valence-electron chi connectivity index (χ1n) is 10.2. The van der Waals surface area contributed by atoms with Gasteiger partial charge in [-0.2, -0.15) is 0 Å². The highest BCUT2D eigenvalue weighted by Gasteiger charge is 2.22. The van der Waals surface area contributed by atoms with Crippen molar-refractivity contribution in [2.75, 3.05) is 4.90 Å². The van der Waals surface area contributed by atoms with E-state index in [0.717, 1.165) is 38.6 Å². The van der Waals surface area contributed by atoms with Gasteiger partial charge in [-0.25, -0.2) is 4.98 Å². The van der Waals surface area contributed by atoms with E-state index in [0.29, 0.717) is 13.0 Å². The number of rotatable bonds is 6. The van der Waals surface area contributed by atoms with Crippen LogP contribution in [-0.4, -0.2) is 15.9 Å². The fourth-order valence-corrected chi connectivity index (χ4v) is 4.57. The Hall–Kier alpha value is -3.05. The lowest BCUT2D eigenvalue weighted by Crippen LogP contribution is -2.32. The molecule has 0 atom stereocenters. The van der Waals surface area contributed by atoms with E-state index in [1.165, 1.54) is 11.1 Å². The van der Waals surface area contributed by atoms with Gasteiger partial charge in [0.25, 0.3) is 0 Å². The van der Waals surface area contributed by atoms with Gasteiger partial charge in [0.1, 0.15) is 0 Å². The highest BCUT2D eigenvalue weighted by molar-refractivity contribution is 7.22. The van der Waals surface area contributed by atoms with Crippen molar-refractivity contribution >= 4 is 32.6 Å². The average Bonchev–Trinajstić information content (AvgIpc) is 3.22. The number of amides is 1. The van der Waals surface area contributed by atoms with Crippen molar-refractivity contribution in [1.82, 2.24) is 9.97 Å². The summed E-state index contributed by atoms with van der Waals surface area (Å²) in [6.45, 7) is 6.69. The summed E-state index contributed by atoms with van der Waals surface area (Å²) in [5.41, 5.74) is 6.41. The zero-order valence-corrected chi connectivity index (χ0v) is 18.4. The molecule has 0 saturated heterocycles. The van der Waals surface area contributed by atoms with Crippen LogP contribution in [0.5, 0.6) is 0 Å². The number of nitrogens with zero attached hydrogens (tertiary/aromatic N) is 3. The third kappa shape index (κ3) is 4.26. The summed E-state index contributed by atoms with van der Waals surface area (Å²) in [5, 5.41) is 0.725. The van der Waals surface area contributed by atoms with Crippen LogP contribution in [0.2, 0.25) is 0 Å². The number of carbonyl (C=O) groups excluding carboxylic acids is 1. The molecular formula is C25H25N3OS. The zero-order chi connectivity index (χ0) is 21.1. The molecule has 4 nitrogen and oxygen atoms in total. The molecule has 0 radical (unpaired) electrons. The minimum atomic E-state index is 0.0271. The summed E-state index contributed by atoms with van der Waals surface area (Å²) >= 11 is 1.58. The number of aryl methyl sites for hydroxylation is 3. The van der Waals surface area contributed by atoms with Crippen LogP contribution in [0.15, 0.2) is 60.8 Å². The molecule has 0 aliphatic rings. The van der Waals surface area contributed by atoms with E-state index in [-0.39, 0.29) is 5.91 Å². The van der Waals surface area contributed by atoms with Gasteiger partial charge in [0.05, 0.1) is 28.9 Å². The molecular weight excluding hydrogens is 390 g/mol. The molecule has 0 unspecified atom stereocenters. The second kappa shape index (κ2) is 8.76. The number of anilines is 1. The van der Waals surface area contributed by atoms with E-state index in [2.05, 4.69) is 50.0 Å². The zero-order valence-electron chi connectivity index (χ0n) is 17.6. The minimum absolute atomic E-state index is 0.0271. The summed E-state index contributed by atoms with van der Waals surface area (Å²) in [6, 6.07) is 18.2. The SMILES string of the molecule is CCc1ccc(CC(=O)N(Cc2ccccn2)c2nc3c(C)ccc(C)c3s2)cc1. The predicted octanol–water partition coefficient (Wildman–Crippen LogP) is 5.65. The van der Waals surface area contributed by atoms with Gasteiger partial charge in [-0.15, -0.1) is 0 Å². The lowest BCUT2D eigenvalue weighted by molar-refractivity contribution is -0.118. The molecule has 0 N–H and O–H groups in total. The Bertz CT molecular complexity index is 1130. The fourth-order valence-electron chi connectivity index (χ4n) is 3.44. The first kappa shape index (κ1) is 20.2. The number of benzene rings is 2. The molecule has 0 saturated carbocycles. The molecule has 0 aliphatic carbocycles. The maximum Gasteiger partial charge on any atom is 0.233 e. The van der Waals surface area contributed by atoms with Crippen LogP contribution in [0.3, 0.4) is 0 Å². The van der Waals surface area contributed by atoms with Crippen molar-refractivity contribution in [1.29, 1.82) is 0 Å². The van der Waals surface area contributed by atoms with Crippen LogP contribution in [0, 0.1) is 13.8 Å². The number of pyridine rings is 1. The molecule has 2 aromatic carbocycles. The Kier molecular flexibility index (Phi) is 5.91. The number of hydrogen-bond acceptors (Lipinski definition) is 4. The molecule has 2 heterocycles. The Labute approximate surface area is 181 Å². The molecule has 0 spiro atoms. The molecule has 4 rings (SSSR count). The number of fused-ring (bicyclic) bond motifs is 1. The Morgan fingerprint density at radius 3 is 2.37 bits per heavy atom. The number of hydrogen-bond donors (Lipinski definition) is 0. The normalized spacial score (nSPS) is 11.0. The Balaban J connectivity index is 1.69. The highest BCUT2D eigenvalue weighted by Crippen LogP contribution is 2.34. The molecule has 4 aromatic rings. The third-order valence-corrected chi connectivity index (χ3v) is 6.51. The predicted molar refractivity (Wildman–Crippen MR) is 124 cm³/mol. The Morgan fingerprint density at radius 1 is 0.967 bits per heavy atom. The first-order valence-corrected chi connectivity index (χ1v) is 11.0. The van der Waals surface area contributed by atoms with Crippen LogP contribution in [0.1, 0.15) is 34.9 Å². The molecule has 5 heteroatoms. The smallest absolute Gasteiger partial charge is 0.233 e. The summed E-state index contributed by atoms with van der Waals surface area (Å²) in [4.78, 5) is 24.4. The van der Waals surface area contributed by atoms with Crippen LogP contribution in [0.4, 0.5) is 5.13 Å². The molecule has 0 fully saturated rings. The monoisotopic (exact) mass is 415 g/mol. The van der Waals surface area contributed by atoms with Gasteiger partial charge in [-0.1, -0.05) is 60.7 Å². The fraction of sp³-hybridized carbons (Fsp3) is 0.240. The van der Waals surface area contributed by atoms with E-state index >= 15 is 0 Å².